The van der Waals surface area contributed by atoms with Crippen LogP contribution in [0.3, 0.4) is 0 Å². The third kappa shape index (κ3) is 3.60. The van der Waals surface area contributed by atoms with Crippen molar-refractivity contribution in [1.82, 2.24) is 15.1 Å². The maximum atomic E-state index is 3.64. The molecule has 20 heavy (non-hydrogen) atoms. The molecule has 1 saturated heterocycles. The minimum absolute atomic E-state index is 0.667. The van der Waals surface area contributed by atoms with Crippen LogP contribution in [-0.4, -0.2) is 48.6 Å². The quantitative estimate of drug-likeness (QED) is 0.886. The van der Waals surface area contributed by atoms with Crippen LogP contribution in [0.15, 0.2) is 24.3 Å². The average Bonchev–Trinajstić information content (AvgIpc) is 3.26. The van der Waals surface area contributed by atoms with E-state index in [0.717, 1.165) is 19.1 Å². The second kappa shape index (κ2) is 6.25. The highest BCUT2D eigenvalue weighted by Gasteiger charge is 2.22. The van der Waals surface area contributed by atoms with Gasteiger partial charge in [0.15, 0.2) is 0 Å². The fourth-order valence-corrected chi connectivity index (χ4v) is 2.93. The van der Waals surface area contributed by atoms with E-state index in [1.165, 1.54) is 43.6 Å². The zero-order valence-electron chi connectivity index (χ0n) is 12.8. The van der Waals surface area contributed by atoms with Crippen molar-refractivity contribution in [2.75, 3.05) is 26.7 Å². The van der Waals surface area contributed by atoms with Crippen LogP contribution in [0.1, 0.15) is 30.9 Å². The fraction of sp³-hybridized carbons (Fsp3) is 0.647. The van der Waals surface area contributed by atoms with Crippen molar-refractivity contribution in [2.45, 2.75) is 44.9 Å². The Labute approximate surface area is 123 Å². The minimum Gasteiger partial charge on any atom is -0.310 e. The summed E-state index contributed by atoms with van der Waals surface area (Å²) in [4.78, 5) is 5.05. The normalized spacial score (nSPS) is 25.0. The molecule has 0 aromatic heterocycles. The van der Waals surface area contributed by atoms with Crippen molar-refractivity contribution in [2.24, 2.45) is 0 Å². The number of piperazine rings is 1. The molecule has 2 aliphatic rings. The number of likely N-dealkylation sites (N-methyl/N-ethyl adjacent to an activating group) is 1. The van der Waals surface area contributed by atoms with Crippen LogP contribution in [0.25, 0.3) is 0 Å². The van der Waals surface area contributed by atoms with Gasteiger partial charge in [0.25, 0.3) is 0 Å². The van der Waals surface area contributed by atoms with Gasteiger partial charge in [-0.05, 0) is 37.9 Å². The van der Waals surface area contributed by atoms with Crippen LogP contribution in [0.2, 0.25) is 0 Å². The number of nitrogens with zero attached hydrogens (tertiary/aromatic N) is 2. The fourth-order valence-electron chi connectivity index (χ4n) is 2.93. The summed E-state index contributed by atoms with van der Waals surface area (Å²) in [5.74, 6) is 0. The van der Waals surface area contributed by atoms with Gasteiger partial charge in [0.05, 0.1) is 0 Å². The molecule has 1 unspecified atom stereocenters. The van der Waals surface area contributed by atoms with Gasteiger partial charge < -0.3 is 10.2 Å². The lowest BCUT2D eigenvalue weighted by Crippen LogP contribution is -2.49. The Kier molecular flexibility index (Phi) is 4.39. The van der Waals surface area contributed by atoms with Gasteiger partial charge in [-0.3, -0.25) is 4.90 Å². The lowest BCUT2D eigenvalue weighted by Gasteiger charge is -2.38. The molecule has 3 heteroatoms. The SMILES string of the molecule is CC1CN(Cc2ccccc2CNC2CC2)CCN1C. The number of benzene rings is 1. The Morgan fingerprint density at radius 2 is 1.90 bits per heavy atom. The zero-order chi connectivity index (χ0) is 13.9. The minimum atomic E-state index is 0.667. The van der Waals surface area contributed by atoms with Crippen molar-refractivity contribution in [3.8, 4) is 0 Å². The molecule has 110 valence electrons. The smallest absolute Gasteiger partial charge is 0.0238 e. The van der Waals surface area contributed by atoms with Gasteiger partial charge >= 0.3 is 0 Å². The number of rotatable bonds is 5. The van der Waals surface area contributed by atoms with Crippen molar-refractivity contribution >= 4 is 0 Å². The highest BCUT2D eigenvalue weighted by atomic mass is 15.3. The molecular formula is C17H27N3. The Balaban J connectivity index is 1.61. The third-order valence-corrected chi connectivity index (χ3v) is 4.71. The lowest BCUT2D eigenvalue weighted by molar-refractivity contribution is 0.0998. The van der Waals surface area contributed by atoms with E-state index in [9.17, 15) is 0 Å². The lowest BCUT2D eigenvalue weighted by atomic mass is 10.1. The van der Waals surface area contributed by atoms with E-state index in [2.05, 4.69) is 53.4 Å². The van der Waals surface area contributed by atoms with Gasteiger partial charge in [-0.15, -0.1) is 0 Å². The van der Waals surface area contributed by atoms with Crippen LogP contribution in [-0.2, 0) is 13.1 Å². The van der Waals surface area contributed by atoms with Gasteiger partial charge in [0.1, 0.15) is 0 Å². The Morgan fingerprint density at radius 1 is 1.15 bits per heavy atom. The number of nitrogens with one attached hydrogen (secondary N) is 1. The molecule has 3 nitrogen and oxygen atoms in total. The van der Waals surface area contributed by atoms with E-state index < -0.39 is 0 Å². The summed E-state index contributed by atoms with van der Waals surface area (Å²) < 4.78 is 0. The van der Waals surface area contributed by atoms with Crippen molar-refractivity contribution in [3.63, 3.8) is 0 Å². The van der Waals surface area contributed by atoms with Crippen LogP contribution in [0.5, 0.6) is 0 Å². The first-order valence-corrected chi connectivity index (χ1v) is 7.95. The van der Waals surface area contributed by atoms with E-state index in [1.54, 1.807) is 0 Å². The summed E-state index contributed by atoms with van der Waals surface area (Å²) in [5.41, 5.74) is 2.98. The monoisotopic (exact) mass is 273 g/mol. The van der Waals surface area contributed by atoms with Gasteiger partial charge in [0.2, 0.25) is 0 Å². The third-order valence-electron chi connectivity index (χ3n) is 4.71. The van der Waals surface area contributed by atoms with E-state index in [4.69, 9.17) is 0 Å². The van der Waals surface area contributed by atoms with Gasteiger partial charge in [-0.2, -0.15) is 0 Å². The molecule has 3 rings (SSSR count). The summed E-state index contributed by atoms with van der Waals surface area (Å²) in [6, 6.07) is 10.4. The van der Waals surface area contributed by atoms with E-state index in [1.807, 2.05) is 0 Å². The first kappa shape index (κ1) is 14.1. The predicted octanol–water partition coefficient (Wildman–Crippen LogP) is 2.07. The van der Waals surface area contributed by atoms with Gasteiger partial charge in [-0.25, -0.2) is 0 Å². The summed E-state index contributed by atoms with van der Waals surface area (Å²) in [7, 11) is 2.23. The molecule has 0 spiro atoms. The zero-order valence-corrected chi connectivity index (χ0v) is 12.8. The highest BCUT2D eigenvalue weighted by molar-refractivity contribution is 5.27. The molecule has 1 aliphatic carbocycles. The molecule has 2 fully saturated rings. The molecule has 0 radical (unpaired) electrons. The molecule has 1 heterocycles. The van der Waals surface area contributed by atoms with Crippen molar-refractivity contribution in [3.05, 3.63) is 35.4 Å². The summed E-state index contributed by atoms with van der Waals surface area (Å²) in [6.07, 6.45) is 2.72. The van der Waals surface area contributed by atoms with E-state index in [-0.39, 0.29) is 0 Å². The molecular weight excluding hydrogens is 246 g/mol. The standard InChI is InChI=1S/C17H27N3/c1-14-12-20(10-9-19(14)2)13-16-6-4-3-5-15(16)11-18-17-7-8-17/h3-6,14,17-18H,7-13H2,1-2H3. The number of hydrogen-bond acceptors (Lipinski definition) is 3. The second-order valence-electron chi connectivity index (χ2n) is 6.49. The summed E-state index contributed by atoms with van der Waals surface area (Å²) >= 11 is 0. The molecule has 0 amide bonds. The molecule has 1 atom stereocenters. The van der Waals surface area contributed by atoms with E-state index >= 15 is 0 Å². The highest BCUT2D eigenvalue weighted by Crippen LogP contribution is 2.21. The first-order valence-electron chi connectivity index (χ1n) is 7.95. The molecule has 1 aromatic rings. The largest absolute Gasteiger partial charge is 0.310 e. The Morgan fingerprint density at radius 3 is 2.60 bits per heavy atom. The Hall–Kier alpha value is -0.900. The maximum absolute atomic E-state index is 3.64. The number of hydrogen-bond donors (Lipinski definition) is 1. The first-order chi connectivity index (χ1) is 9.72. The van der Waals surface area contributed by atoms with E-state index in [0.29, 0.717) is 6.04 Å². The van der Waals surface area contributed by atoms with Crippen molar-refractivity contribution in [1.29, 1.82) is 0 Å². The van der Waals surface area contributed by atoms with Crippen molar-refractivity contribution < 1.29 is 0 Å². The van der Waals surface area contributed by atoms with Crippen LogP contribution < -0.4 is 5.32 Å². The molecule has 1 saturated carbocycles. The molecule has 1 aromatic carbocycles. The van der Waals surface area contributed by atoms with Gasteiger partial charge in [-0.1, -0.05) is 24.3 Å². The summed E-state index contributed by atoms with van der Waals surface area (Å²) in [6.45, 7) is 8.01. The summed E-state index contributed by atoms with van der Waals surface area (Å²) in [5, 5.41) is 3.64. The molecule has 1 aliphatic heterocycles. The van der Waals surface area contributed by atoms with Crippen LogP contribution in [0, 0.1) is 0 Å². The average molecular weight is 273 g/mol. The second-order valence-corrected chi connectivity index (χ2v) is 6.49. The van der Waals surface area contributed by atoms with Crippen LogP contribution in [0.4, 0.5) is 0 Å². The van der Waals surface area contributed by atoms with Gasteiger partial charge in [0, 0.05) is 44.8 Å². The van der Waals surface area contributed by atoms with Crippen LogP contribution >= 0.6 is 0 Å². The molecule has 1 N–H and O–H groups in total. The maximum Gasteiger partial charge on any atom is 0.0238 e. The predicted molar refractivity (Wildman–Crippen MR) is 83.7 cm³/mol. The molecule has 0 bridgehead atoms. The topological polar surface area (TPSA) is 18.5 Å². The Bertz CT molecular complexity index is 442.